The van der Waals surface area contributed by atoms with Crippen LogP contribution in [0.1, 0.15) is 95.1 Å². The highest BCUT2D eigenvalue weighted by molar-refractivity contribution is 6.31. The van der Waals surface area contributed by atoms with E-state index in [9.17, 15) is 24.0 Å². The van der Waals surface area contributed by atoms with E-state index in [4.69, 9.17) is 46.9 Å². The summed E-state index contributed by atoms with van der Waals surface area (Å²) in [6.07, 6.45) is 1.71. The summed E-state index contributed by atoms with van der Waals surface area (Å²) in [4.78, 5) is 34.5. The van der Waals surface area contributed by atoms with Gasteiger partial charge in [-0.25, -0.2) is 18.4 Å². The largest absolute Gasteiger partial charge is 0.495 e. The number of esters is 1. The Labute approximate surface area is 361 Å². The summed E-state index contributed by atoms with van der Waals surface area (Å²) < 4.78 is 56.1. The molecule has 16 heteroatoms. The van der Waals surface area contributed by atoms with Gasteiger partial charge in [0.25, 0.3) is 0 Å². The van der Waals surface area contributed by atoms with Crippen LogP contribution in [-0.4, -0.2) is 76.4 Å². The normalized spacial score (nSPS) is 17.7. The Bertz CT molecular complexity index is 1990. The van der Waals surface area contributed by atoms with E-state index in [0.717, 1.165) is 6.42 Å². The predicted molar refractivity (Wildman–Crippen MR) is 227 cm³/mol. The maximum atomic E-state index is 15.0. The van der Waals surface area contributed by atoms with Gasteiger partial charge < -0.3 is 39.6 Å². The number of carbonyl (C=O) groups is 3. The molecule has 1 aliphatic rings. The van der Waals surface area contributed by atoms with Crippen LogP contribution in [-0.2, 0) is 29.2 Å². The highest BCUT2D eigenvalue weighted by Crippen LogP contribution is 2.50. The van der Waals surface area contributed by atoms with Crippen LogP contribution < -0.4 is 20.7 Å². The molecule has 1 fully saturated rings. The first kappa shape index (κ1) is 49.8. The van der Waals surface area contributed by atoms with Crippen molar-refractivity contribution in [3.05, 3.63) is 93.0 Å². The molecular weight excluding hydrogens is 821 g/mol. The van der Waals surface area contributed by atoms with Crippen molar-refractivity contribution in [1.82, 2.24) is 10.6 Å². The van der Waals surface area contributed by atoms with E-state index in [0.29, 0.717) is 55.9 Å². The van der Waals surface area contributed by atoms with Crippen LogP contribution in [0.5, 0.6) is 5.75 Å². The van der Waals surface area contributed by atoms with Crippen molar-refractivity contribution in [3.63, 3.8) is 0 Å². The molecule has 4 rings (SSSR count). The fraction of sp³-hybridized carbons (Fsp3) is 0.500. The van der Waals surface area contributed by atoms with Gasteiger partial charge in [0, 0.05) is 42.7 Å². The van der Waals surface area contributed by atoms with Gasteiger partial charge >= 0.3 is 12.1 Å². The number of rotatable bonds is 17. The van der Waals surface area contributed by atoms with E-state index in [1.807, 2.05) is 27.7 Å². The molecule has 1 saturated heterocycles. The average molecular weight is 878 g/mol. The number of nitrogens with zero attached hydrogens (tertiary/aromatic N) is 1. The van der Waals surface area contributed by atoms with Crippen LogP contribution in [0.25, 0.3) is 0 Å². The molecule has 2 amide bonds. The van der Waals surface area contributed by atoms with Crippen molar-refractivity contribution in [2.75, 3.05) is 46.0 Å². The van der Waals surface area contributed by atoms with Gasteiger partial charge in [-0.05, 0) is 94.3 Å². The summed E-state index contributed by atoms with van der Waals surface area (Å²) in [6, 6.07) is 15.4. The second-order valence-corrected chi connectivity index (χ2v) is 17.5. The number of methoxy groups -OCH3 is 2. The third-order valence-electron chi connectivity index (χ3n) is 10.2. The molecule has 0 aromatic heterocycles. The first-order chi connectivity index (χ1) is 28.1. The Hall–Kier alpha value is -4.52. The van der Waals surface area contributed by atoms with Gasteiger partial charge in [-0.1, -0.05) is 62.2 Å². The topological polar surface area (TPSA) is 157 Å². The van der Waals surface area contributed by atoms with Gasteiger partial charge in [-0.2, -0.15) is 5.26 Å². The van der Waals surface area contributed by atoms with Crippen LogP contribution in [0.2, 0.25) is 10.0 Å². The molecule has 328 valence electrons. The lowest BCUT2D eigenvalue weighted by Gasteiger charge is -2.37. The molecule has 0 saturated carbocycles. The van der Waals surface area contributed by atoms with E-state index in [1.165, 1.54) is 37.4 Å². The molecule has 12 nitrogen and oxygen atoms in total. The SMILES string of the molecule is CC(C)(C)C[C@@H]1NC[C@H](c2cccc(Cl)c2F)[C@@]1(C#N)c1ccc(Cl)cc1F.COc1cc(C(=O)OCOC(=O)NCCC(C)(C)OCCC(C)(C)OC)ccc1NC=O. The number of ether oxygens (including phenoxy) is 5. The summed E-state index contributed by atoms with van der Waals surface area (Å²) in [7, 11) is 3.07. The van der Waals surface area contributed by atoms with E-state index in [2.05, 4.69) is 42.8 Å². The minimum atomic E-state index is -1.30. The summed E-state index contributed by atoms with van der Waals surface area (Å²) in [5, 5.41) is 19.0. The van der Waals surface area contributed by atoms with Gasteiger partial charge in [0.05, 0.1) is 47.3 Å². The number of anilines is 1. The molecule has 0 spiro atoms. The molecule has 3 N–H and O–H groups in total. The Balaban J connectivity index is 0.000000322. The minimum Gasteiger partial charge on any atom is -0.495 e. The van der Waals surface area contributed by atoms with Crippen molar-refractivity contribution in [2.24, 2.45) is 5.41 Å². The van der Waals surface area contributed by atoms with Gasteiger partial charge in [-0.3, -0.25) is 4.79 Å². The van der Waals surface area contributed by atoms with Crippen molar-refractivity contribution in [1.29, 1.82) is 5.26 Å². The van der Waals surface area contributed by atoms with E-state index in [1.54, 1.807) is 31.4 Å². The Morgan fingerprint density at radius 2 is 1.70 bits per heavy atom. The predicted octanol–water partition coefficient (Wildman–Crippen LogP) is 9.33. The van der Waals surface area contributed by atoms with Gasteiger partial charge in [0.2, 0.25) is 13.2 Å². The monoisotopic (exact) mass is 876 g/mol. The zero-order valence-corrected chi connectivity index (χ0v) is 37.1. The zero-order chi connectivity index (χ0) is 44.9. The fourth-order valence-electron chi connectivity index (χ4n) is 6.72. The first-order valence-electron chi connectivity index (χ1n) is 19.3. The van der Waals surface area contributed by atoms with Gasteiger partial charge in [0.15, 0.2) is 0 Å². The summed E-state index contributed by atoms with van der Waals surface area (Å²) in [5.74, 6) is -2.15. The van der Waals surface area contributed by atoms with E-state index < -0.39 is 47.4 Å². The average Bonchev–Trinajstić information content (AvgIpc) is 3.52. The quantitative estimate of drug-likeness (QED) is 0.0678. The third-order valence-corrected chi connectivity index (χ3v) is 10.7. The number of carbonyl (C=O) groups excluding carboxylic acids is 3. The Kier molecular flexibility index (Phi) is 18.1. The van der Waals surface area contributed by atoms with Crippen LogP contribution >= 0.6 is 23.2 Å². The fourth-order valence-corrected chi connectivity index (χ4v) is 7.06. The number of alkyl carbamates (subject to hydrolysis) is 1. The number of hydrogen-bond acceptors (Lipinski definition) is 10. The molecule has 3 aromatic rings. The molecule has 1 aliphatic heterocycles. The van der Waals surface area contributed by atoms with Crippen LogP contribution in [0.3, 0.4) is 0 Å². The number of nitriles is 1. The first-order valence-corrected chi connectivity index (χ1v) is 20.1. The molecule has 0 radical (unpaired) electrons. The standard InChI is InChI=1S/C22H22Cl2F2N2.C22H34N2O8/c1-21(2,3)10-19-22(12-27,15-8-7-13(23)9-18(15)25)16(11-28-19)14-5-4-6-17(24)20(14)26;1-21(2,29-6)10-12-32-22(3,4)9-11-23-20(27)31-15-30-19(26)16-7-8-17(24-14-25)18(13-16)28-5/h4-9,16,19,28H,10-11H2,1-3H3;7-8,13-14H,9-12,15H2,1-6H3,(H,23,27)(H,24,25)/t16-,19+,22-;/m1./s1. The van der Waals surface area contributed by atoms with Crippen LogP contribution in [0.4, 0.5) is 19.3 Å². The highest BCUT2D eigenvalue weighted by Gasteiger charge is 2.55. The number of halogens is 4. The number of amides is 2. The Morgan fingerprint density at radius 1 is 0.983 bits per heavy atom. The van der Waals surface area contributed by atoms with Crippen molar-refractivity contribution < 1.29 is 46.8 Å². The smallest absolute Gasteiger partial charge is 0.410 e. The molecular formula is C44H56Cl2F2N4O8. The number of hydrogen-bond donors (Lipinski definition) is 3. The molecule has 0 aliphatic carbocycles. The summed E-state index contributed by atoms with van der Waals surface area (Å²) >= 11 is 11.9. The maximum absolute atomic E-state index is 15.0. The second kappa shape index (κ2) is 21.8. The lowest BCUT2D eigenvalue weighted by atomic mass is 9.64. The third kappa shape index (κ3) is 13.8. The molecule has 1 heterocycles. The van der Waals surface area contributed by atoms with E-state index >= 15 is 4.39 Å². The molecule has 60 heavy (non-hydrogen) atoms. The van der Waals surface area contributed by atoms with Gasteiger partial charge in [-0.15, -0.1) is 0 Å². The van der Waals surface area contributed by atoms with Gasteiger partial charge in [0.1, 0.15) is 22.8 Å². The van der Waals surface area contributed by atoms with Crippen LogP contribution in [0.15, 0.2) is 54.6 Å². The van der Waals surface area contributed by atoms with Crippen molar-refractivity contribution >= 4 is 47.4 Å². The van der Waals surface area contributed by atoms with E-state index in [-0.39, 0.29) is 38.2 Å². The number of nitrogens with one attached hydrogen (secondary N) is 3. The zero-order valence-electron chi connectivity index (χ0n) is 35.6. The lowest BCUT2D eigenvalue weighted by Crippen LogP contribution is -2.44. The molecule has 0 unspecified atom stereocenters. The lowest BCUT2D eigenvalue weighted by molar-refractivity contribution is -0.105. The Morgan fingerprint density at radius 3 is 2.32 bits per heavy atom. The summed E-state index contributed by atoms with van der Waals surface area (Å²) in [6.45, 7) is 14.7. The highest BCUT2D eigenvalue weighted by atomic mass is 35.5. The van der Waals surface area contributed by atoms with Crippen molar-refractivity contribution in [3.8, 4) is 11.8 Å². The second-order valence-electron chi connectivity index (χ2n) is 16.7. The molecule has 3 atom stereocenters. The van der Waals surface area contributed by atoms with Crippen LogP contribution in [0, 0.1) is 28.4 Å². The number of benzene rings is 3. The maximum Gasteiger partial charge on any atom is 0.410 e. The minimum absolute atomic E-state index is 0.0137. The van der Waals surface area contributed by atoms with Crippen molar-refractivity contribution in [2.45, 2.75) is 96.3 Å². The molecule has 0 bridgehead atoms. The summed E-state index contributed by atoms with van der Waals surface area (Å²) in [5.41, 5.74) is -0.988. The molecule has 3 aromatic carbocycles.